The Morgan fingerprint density at radius 3 is 2.23 bits per heavy atom. The molecule has 39 heavy (non-hydrogen) atoms. The molecule has 0 spiro atoms. The molecule has 4 N–H and O–H groups in total. The van der Waals surface area contributed by atoms with Gasteiger partial charge in [-0.05, 0) is 54.4 Å². The number of hydrogen-bond acceptors (Lipinski definition) is 5. The Kier molecular flexibility index (Phi) is 8.30. The van der Waals surface area contributed by atoms with Crippen molar-refractivity contribution in [1.82, 2.24) is 20.4 Å². The summed E-state index contributed by atoms with van der Waals surface area (Å²) in [4.78, 5) is 24.8. The van der Waals surface area contributed by atoms with E-state index in [-0.39, 0.29) is 30.4 Å². The lowest BCUT2D eigenvalue weighted by atomic mass is 10.2. The second-order valence-electron chi connectivity index (χ2n) is 8.74. The topological polar surface area (TPSA) is 111 Å². The number of amides is 2. The van der Waals surface area contributed by atoms with Crippen molar-refractivity contribution < 1.29 is 27.5 Å². The highest BCUT2D eigenvalue weighted by Crippen LogP contribution is 2.30. The first kappa shape index (κ1) is 27.4. The lowest BCUT2D eigenvalue weighted by Gasteiger charge is -2.11. The van der Waals surface area contributed by atoms with E-state index in [1.807, 2.05) is 30.3 Å². The number of aromatic nitrogens is 2. The number of hydrogen-bond donors (Lipinski definition) is 3. The summed E-state index contributed by atoms with van der Waals surface area (Å²) in [5, 5.41) is 8.94. The van der Waals surface area contributed by atoms with E-state index in [2.05, 4.69) is 15.7 Å². The van der Waals surface area contributed by atoms with Crippen LogP contribution in [0.15, 0.2) is 84.9 Å². The van der Waals surface area contributed by atoms with Crippen LogP contribution in [0, 0.1) is 0 Å². The molecule has 1 atom stereocenters. The van der Waals surface area contributed by atoms with E-state index >= 15 is 0 Å². The quantitative estimate of drug-likeness (QED) is 0.290. The van der Waals surface area contributed by atoms with Crippen LogP contribution in [-0.2, 0) is 24.1 Å². The molecular weight excluding hydrogens is 511 g/mol. The lowest BCUT2D eigenvalue weighted by molar-refractivity contribution is -0.141. The van der Waals surface area contributed by atoms with Gasteiger partial charge in [-0.1, -0.05) is 42.5 Å². The highest BCUT2D eigenvalue weighted by atomic mass is 19.4. The van der Waals surface area contributed by atoms with E-state index < -0.39 is 23.8 Å². The zero-order chi connectivity index (χ0) is 28.0. The first-order chi connectivity index (χ1) is 18.6. The smallest absolute Gasteiger partial charge is 0.435 e. The van der Waals surface area contributed by atoms with Gasteiger partial charge in [0.1, 0.15) is 17.2 Å². The third-order valence-electron chi connectivity index (χ3n) is 5.62. The third kappa shape index (κ3) is 7.23. The summed E-state index contributed by atoms with van der Waals surface area (Å²) in [6.45, 7) is 1.71. The maximum Gasteiger partial charge on any atom is 0.435 e. The van der Waals surface area contributed by atoms with Crippen LogP contribution in [0.1, 0.15) is 34.2 Å². The number of halogens is 3. The monoisotopic (exact) mass is 537 g/mol. The van der Waals surface area contributed by atoms with Gasteiger partial charge >= 0.3 is 6.18 Å². The summed E-state index contributed by atoms with van der Waals surface area (Å²) >= 11 is 0. The number of carbonyl (C=O) groups is 2. The summed E-state index contributed by atoms with van der Waals surface area (Å²) < 4.78 is 47.2. The summed E-state index contributed by atoms with van der Waals surface area (Å²) in [6.07, 6.45) is -4.75. The second kappa shape index (κ2) is 11.8. The minimum absolute atomic E-state index is 0.0698. The van der Waals surface area contributed by atoms with Crippen LogP contribution >= 0.6 is 0 Å². The average molecular weight is 538 g/mol. The molecule has 0 aliphatic rings. The van der Waals surface area contributed by atoms with Crippen molar-refractivity contribution in [3.8, 4) is 17.2 Å². The van der Waals surface area contributed by atoms with Gasteiger partial charge in [-0.15, -0.1) is 0 Å². The third-order valence-corrected chi connectivity index (χ3v) is 5.62. The fourth-order valence-corrected chi connectivity index (χ4v) is 3.60. The fourth-order valence-electron chi connectivity index (χ4n) is 3.60. The second-order valence-corrected chi connectivity index (χ2v) is 8.74. The van der Waals surface area contributed by atoms with Crippen LogP contribution in [0.4, 0.5) is 13.2 Å². The molecule has 0 radical (unpaired) electrons. The highest BCUT2D eigenvalue weighted by Gasteiger charge is 2.36. The molecule has 0 bridgehead atoms. The molecule has 0 aliphatic heterocycles. The summed E-state index contributed by atoms with van der Waals surface area (Å²) in [6, 6.07) is 22.5. The molecule has 0 unspecified atom stereocenters. The molecule has 0 aliphatic carbocycles. The van der Waals surface area contributed by atoms with Crippen LogP contribution in [0.2, 0.25) is 0 Å². The van der Waals surface area contributed by atoms with Crippen molar-refractivity contribution in [3.63, 3.8) is 0 Å². The molecule has 11 heteroatoms. The number of para-hydroxylation sites is 1. The van der Waals surface area contributed by atoms with E-state index in [1.54, 1.807) is 36.4 Å². The fraction of sp³-hybridized carbons (Fsp3) is 0.179. The van der Waals surface area contributed by atoms with Crippen molar-refractivity contribution >= 4 is 11.8 Å². The minimum atomic E-state index is -4.75. The Hall–Kier alpha value is -4.64. The molecular formula is C28H26F3N5O3. The van der Waals surface area contributed by atoms with Crippen LogP contribution in [-0.4, -0.2) is 27.6 Å². The van der Waals surface area contributed by atoms with Gasteiger partial charge in [0.15, 0.2) is 5.69 Å². The standard InChI is InChI=1S/C28H26F3N5O3/c1-18(32)26(37)33-17-20-6-5-7-21(14-20)36-24(15-25(35-36)28(29,30)31)27(38)34-16-19-10-12-23(13-11-19)39-22-8-3-2-4-9-22/h2-15,18H,16-17,32H2,1H3,(H,33,37)(H,34,38)/t18-/m0/s1. The molecule has 4 aromatic rings. The Bertz CT molecular complexity index is 1440. The van der Waals surface area contributed by atoms with Gasteiger partial charge in [0.25, 0.3) is 5.91 Å². The Balaban J connectivity index is 1.50. The van der Waals surface area contributed by atoms with E-state index in [4.69, 9.17) is 10.5 Å². The Morgan fingerprint density at radius 2 is 1.56 bits per heavy atom. The highest BCUT2D eigenvalue weighted by molar-refractivity contribution is 5.93. The molecule has 3 aromatic carbocycles. The molecule has 0 saturated carbocycles. The first-order valence-corrected chi connectivity index (χ1v) is 12.0. The maximum atomic E-state index is 13.5. The number of alkyl halides is 3. The summed E-state index contributed by atoms with van der Waals surface area (Å²) in [7, 11) is 0. The molecule has 0 fully saturated rings. The van der Waals surface area contributed by atoms with Crippen LogP contribution in [0.25, 0.3) is 5.69 Å². The normalized spacial score (nSPS) is 12.0. The largest absolute Gasteiger partial charge is 0.457 e. The number of nitrogens with one attached hydrogen (secondary N) is 2. The zero-order valence-electron chi connectivity index (χ0n) is 20.9. The minimum Gasteiger partial charge on any atom is -0.457 e. The Labute approximate surface area is 222 Å². The predicted molar refractivity (Wildman–Crippen MR) is 138 cm³/mol. The predicted octanol–water partition coefficient (Wildman–Crippen LogP) is 4.58. The van der Waals surface area contributed by atoms with Crippen LogP contribution in [0.5, 0.6) is 11.5 Å². The zero-order valence-corrected chi connectivity index (χ0v) is 20.9. The lowest BCUT2D eigenvalue weighted by Crippen LogP contribution is -2.37. The molecule has 4 rings (SSSR count). The van der Waals surface area contributed by atoms with Crippen molar-refractivity contribution in [2.24, 2.45) is 5.73 Å². The molecule has 1 heterocycles. The van der Waals surface area contributed by atoms with Crippen LogP contribution in [0.3, 0.4) is 0 Å². The average Bonchev–Trinajstić information content (AvgIpc) is 3.38. The number of ether oxygens (including phenoxy) is 1. The van der Waals surface area contributed by atoms with Crippen LogP contribution < -0.4 is 21.1 Å². The summed E-state index contributed by atoms with van der Waals surface area (Å²) in [5.74, 6) is 0.158. The molecule has 8 nitrogen and oxygen atoms in total. The number of rotatable bonds is 9. The summed E-state index contributed by atoms with van der Waals surface area (Å²) in [5.41, 5.74) is 5.59. The van der Waals surface area contributed by atoms with Crippen molar-refractivity contribution in [3.05, 3.63) is 107 Å². The molecule has 202 valence electrons. The first-order valence-electron chi connectivity index (χ1n) is 12.0. The van der Waals surface area contributed by atoms with E-state index in [0.717, 1.165) is 10.2 Å². The van der Waals surface area contributed by atoms with E-state index in [0.29, 0.717) is 23.1 Å². The number of carbonyl (C=O) groups excluding carboxylic acids is 2. The van der Waals surface area contributed by atoms with Gasteiger partial charge in [0, 0.05) is 19.2 Å². The van der Waals surface area contributed by atoms with Gasteiger partial charge in [0.05, 0.1) is 11.7 Å². The maximum absolute atomic E-state index is 13.5. The van der Waals surface area contributed by atoms with Gasteiger partial charge in [-0.25, -0.2) is 4.68 Å². The van der Waals surface area contributed by atoms with Gasteiger partial charge in [-0.2, -0.15) is 18.3 Å². The van der Waals surface area contributed by atoms with E-state index in [1.165, 1.54) is 19.1 Å². The molecule has 2 amide bonds. The van der Waals surface area contributed by atoms with Gasteiger partial charge in [0.2, 0.25) is 5.91 Å². The van der Waals surface area contributed by atoms with Crippen molar-refractivity contribution in [1.29, 1.82) is 0 Å². The van der Waals surface area contributed by atoms with Crippen molar-refractivity contribution in [2.45, 2.75) is 32.2 Å². The molecule has 0 saturated heterocycles. The number of nitrogens with two attached hydrogens (primary N) is 1. The van der Waals surface area contributed by atoms with Crippen molar-refractivity contribution in [2.75, 3.05) is 0 Å². The number of benzene rings is 3. The molecule has 1 aromatic heterocycles. The van der Waals surface area contributed by atoms with E-state index in [9.17, 15) is 22.8 Å². The van der Waals surface area contributed by atoms with Gasteiger partial charge < -0.3 is 21.1 Å². The Morgan fingerprint density at radius 1 is 0.897 bits per heavy atom. The SMILES string of the molecule is C[C@H](N)C(=O)NCc1cccc(-n2nc(C(F)(F)F)cc2C(=O)NCc2ccc(Oc3ccccc3)cc2)c1. The van der Waals surface area contributed by atoms with Gasteiger partial charge in [-0.3, -0.25) is 9.59 Å². The number of nitrogens with zero attached hydrogens (tertiary/aromatic N) is 2.